The minimum atomic E-state index is -1.44. The summed E-state index contributed by atoms with van der Waals surface area (Å²) < 4.78 is 0. The van der Waals surface area contributed by atoms with Crippen LogP contribution >= 0.6 is 11.8 Å². The van der Waals surface area contributed by atoms with Gasteiger partial charge in [-0.15, -0.1) is 5.10 Å². The number of hydrogen-bond donors (Lipinski definition) is 2. The zero-order valence-corrected chi connectivity index (χ0v) is 11.7. The summed E-state index contributed by atoms with van der Waals surface area (Å²) in [5.41, 5.74) is 1.17. The fourth-order valence-electron chi connectivity index (χ4n) is 2.00. The van der Waals surface area contributed by atoms with Gasteiger partial charge in [0, 0.05) is 11.3 Å². The highest BCUT2D eigenvalue weighted by atomic mass is 32.2. The predicted octanol–water partition coefficient (Wildman–Crippen LogP) is 0.319. The van der Waals surface area contributed by atoms with Crippen LogP contribution in [0, 0.1) is 6.92 Å². The number of aromatic nitrogens is 3. The maximum Gasteiger partial charge on any atom is 0.257 e. The number of carboxylic acid groups (broad SMARTS) is 1. The van der Waals surface area contributed by atoms with E-state index in [4.69, 9.17) is 0 Å². The summed E-state index contributed by atoms with van der Waals surface area (Å²) >= 11 is 0.786. The first kappa shape index (κ1) is 13.4. The van der Waals surface area contributed by atoms with E-state index < -0.39 is 11.9 Å². The highest BCUT2D eigenvalue weighted by molar-refractivity contribution is 8.04. The maximum atomic E-state index is 12.1. The molecular formula is C13H9N4O3S-. The summed E-state index contributed by atoms with van der Waals surface area (Å²) in [5, 5.41) is 20.7. The highest BCUT2D eigenvalue weighted by Crippen LogP contribution is 2.38. The number of nitrogens with one attached hydrogen (secondary N) is 2. The molecule has 0 aliphatic carbocycles. The Morgan fingerprint density at radius 2 is 2.10 bits per heavy atom. The maximum absolute atomic E-state index is 12.1. The van der Waals surface area contributed by atoms with Gasteiger partial charge in [-0.2, -0.15) is 0 Å². The van der Waals surface area contributed by atoms with Crippen molar-refractivity contribution in [1.82, 2.24) is 15.2 Å². The molecule has 1 amide bonds. The van der Waals surface area contributed by atoms with E-state index in [-0.39, 0.29) is 15.6 Å². The monoisotopic (exact) mass is 301 g/mol. The number of thioether (sulfide) groups is 1. The lowest BCUT2D eigenvalue weighted by atomic mass is 10.1. The van der Waals surface area contributed by atoms with Crippen LogP contribution in [0.1, 0.15) is 11.4 Å². The van der Waals surface area contributed by atoms with E-state index in [1.165, 1.54) is 0 Å². The number of nitrogens with zero attached hydrogens (tertiary/aromatic N) is 2. The van der Waals surface area contributed by atoms with Crippen molar-refractivity contribution in [3.05, 3.63) is 40.6 Å². The van der Waals surface area contributed by atoms with Crippen LogP contribution in [0.5, 0.6) is 0 Å². The molecule has 21 heavy (non-hydrogen) atoms. The van der Waals surface area contributed by atoms with Gasteiger partial charge in [0.1, 0.15) is 5.82 Å². The highest BCUT2D eigenvalue weighted by Gasteiger charge is 2.28. The van der Waals surface area contributed by atoms with Gasteiger partial charge in [0.2, 0.25) is 5.16 Å². The van der Waals surface area contributed by atoms with E-state index in [0.29, 0.717) is 17.1 Å². The molecule has 0 radical (unpaired) electrons. The molecule has 0 saturated heterocycles. The molecule has 7 nitrogen and oxygen atoms in total. The van der Waals surface area contributed by atoms with Crippen LogP contribution in [-0.2, 0) is 9.59 Å². The average molecular weight is 301 g/mol. The Hall–Kier alpha value is -2.61. The van der Waals surface area contributed by atoms with Crippen LogP contribution < -0.4 is 10.4 Å². The number of anilines is 1. The van der Waals surface area contributed by atoms with Crippen molar-refractivity contribution in [1.29, 1.82) is 0 Å². The molecule has 2 aromatic rings. The summed E-state index contributed by atoms with van der Waals surface area (Å²) in [6, 6.07) is 6.87. The van der Waals surface area contributed by atoms with Crippen molar-refractivity contribution >= 4 is 34.9 Å². The number of aliphatic carboxylic acids is 1. The smallest absolute Gasteiger partial charge is 0.257 e. The van der Waals surface area contributed by atoms with Gasteiger partial charge in [-0.3, -0.25) is 9.89 Å². The zero-order chi connectivity index (χ0) is 15.0. The molecule has 0 fully saturated rings. The summed E-state index contributed by atoms with van der Waals surface area (Å²) in [4.78, 5) is 27.3. The summed E-state index contributed by atoms with van der Waals surface area (Å²) in [7, 11) is 0. The topological polar surface area (TPSA) is 111 Å². The van der Waals surface area contributed by atoms with E-state index in [1.807, 2.05) is 0 Å². The lowest BCUT2D eigenvalue weighted by molar-refractivity contribution is -0.298. The Morgan fingerprint density at radius 1 is 1.33 bits per heavy atom. The van der Waals surface area contributed by atoms with Crippen LogP contribution in [0.2, 0.25) is 0 Å². The summed E-state index contributed by atoms with van der Waals surface area (Å²) in [6.07, 6.45) is 0. The van der Waals surface area contributed by atoms with Crippen LogP contribution in [0.3, 0.4) is 0 Å². The molecule has 0 spiro atoms. The lowest BCUT2D eigenvalue weighted by Gasteiger charge is -2.09. The molecular weight excluding hydrogens is 292 g/mol. The van der Waals surface area contributed by atoms with Crippen molar-refractivity contribution in [2.45, 2.75) is 12.1 Å². The van der Waals surface area contributed by atoms with Gasteiger partial charge in [-0.05, 0) is 24.8 Å². The summed E-state index contributed by atoms with van der Waals surface area (Å²) in [5.74, 6) is -1.36. The predicted molar refractivity (Wildman–Crippen MR) is 74.0 cm³/mol. The molecule has 1 aliphatic rings. The third kappa shape index (κ3) is 2.40. The number of H-pyrrole nitrogens is 1. The fourth-order valence-corrected chi connectivity index (χ4v) is 2.84. The molecule has 3 rings (SSSR count). The number of carbonyl (C=O) groups excluding carboxylic acids is 2. The van der Waals surface area contributed by atoms with Gasteiger partial charge < -0.3 is 15.2 Å². The van der Waals surface area contributed by atoms with Crippen LogP contribution in [0.4, 0.5) is 5.69 Å². The first-order valence-corrected chi connectivity index (χ1v) is 6.81. The van der Waals surface area contributed by atoms with Gasteiger partial charge in [-0.1, -0.05) is 18.2 Å². The average Bonchev–Trinajstić information content (AvgIpc) is 2.98. The largest absolute Gasteiger partial charge is 0.544 e. The van der Waals surface area contributed by atoms with E-state index >= 15 is 0 Å². The first-order chi connectivity index (χ1) is 10.1. The minimum absolute atomic E-state index is 0.0676. The Bertz CT molecular complexity index is 781. The van der Waals surface area contributed by atoms with Gasteiger partial charge in [0.15, 0.2) is 0 Å². The number of fused-ring (bicyclic) bond motifs is 1. The van der Waals surface area contributed by atoms with Gasteiger partial charge >= 0.3 is 0 Å². The fraction of sp³-hybridized carbons (Fsp3) is 0.0769. The number of hydrogen-bond acceptors (Lipinski definition) is 6. The van der Waals surface area contributed by atoms with Crippen molar-refractivity contribution in [3.8, 4) is 0 Å². The van der Waals surface area contributed by atoms with Crippen molar-refractivity contribution in [2.24, 2.45) is 0 Å². The number of carboxylic acids is 1. The first-order valence-electron chi connectivity index (χ1n) is 5.99. The molecule has 2 N–H and O–H groups in total. The van der Waals surface area contributed by atoms with Crippen molar-refractivity contribution in [3.63, 3.8) is 0 Å². The van der Waals surface area contributed by atoms with E-state index in [1.54, 1.807) is 31.2 Å². The van der Waals surface area contributed by atoms with Gasteiger partial charge in [-0.25, -0.2) is 4.98 Å². The van der Waals surface area contributed by atoms with Gasteiger partial charge in [0.25, 0.3) is 5.91 Å². The standard InChI is InChI=1S/C13H10N4O3S/c1-6-14-13(17-16-6)21-10(12(19)20)9-7-4-2-3-5-8(7)15-11(9)18/h2-5H,1H3,(H,15,18)(H,19,20)(H,14,16,17)/p-1/b10-9-. The molecule has 1 aromatic carbocycles. The second-order valence-corrected chi connectivity index (χ2v) is 5.27. The van der Waals surface area contributed by atoms with Crippen molar-refractivity contribution < 1.29 is 14.7 Å². The Kier molecular flexibility index (Phi) is 3.22. The zero-order valence-electron chi connectivity index (χ0n) is 10.8. The van der Waals surface area contributed by atoms with Crippen LogP contribution in [0.15, 0.2) is 34.3 Å². The number of amides is 1. The normalized spacial score (nSPS) is 15.6. The minimum Gasteiger partial charge on any atom is -0.544 e. The Labute approximate surface area is 123 Å². The third-order valence-corrected chi connectivity index (χ3v) is 3.79. The van der Waals surface area contributed by atoms with E-state index in [0.717, 1.165) is 11.8 Å². The number of aryl methyl sites for hydroxylation is 1. The molecule has 1 aromatic heterocycles. The molecule has 0 bridgehead atoms. The third-order valence-electron chi connectivity index (χ3n) is 2.85. The number of benzene rings is 1. The molecule has 0 saturated carbocycles. The molecule has 0 unspecified atom stereocenters. The van der Waals surface area contributed by atoms with Crippen LogP contribution in [-0.4, -0.2) is 27.1 Å². The number of aromatic amines is 1. The SMILES string of the molecule is Cc1nc(S/C(C(=O)[O-])=C2\C(=O)Nc3ccccc32)n[nH]1. The van der Waals surface area contributed by atoms with Crippen molar-refractivity contribution in [2.75, 3.05) is 5.32 Å². The number of para-hydroxylation sites is 1. The van der Waals surface area contributed by atoms with E-state index in [9.17, 15) is 14.7 Å². The van der Waals surface area contributed by atoms with E-state index in [2.05, 4.69) is 20.5 Å². The molecule has 8 heteroatoms. The van der Waals surface area contributed by atoms with Crippen LogP contribution in [0.25, 0.3) is 5.57 Å². The molecule has 106 valence electrons. The second kappa shape index (κ2) is 5.06. The molecule has 1 aliphatic heterocycles. The Balaban J connectivity index is 2.11. The quantitative estimate of drug-likeness (QED) is 0.624. The lowest BCUT2D eigenvalue weighted by Crippen LogP contribution is -2.25. The Morgan fingerprint density at radius 3 is 2.76 bits per heavy atom. The second-order valence-electron chi connectivity index (χ2n) is 4.30. The van der Waals surface area contributed by atoms with Gasteiger partial charge in [0.05, 0.1) is 16.4 Å². The summed E-state index contributed by atoms with van der Waals surface area (Å²) in [6.45, 7) is 1.69. The molecule has 2 heterocycles. The number of carbonyl (C=O) groups is 2. The molecule has 0 atom stereocenters. The number of rotatable bonds is 3.